The van der Waals surface area contributed by atoms with E-state index in [9.17, 15) is 19.1 Å². The molecule has 26 heavy (non-hydrogen) atoms. The van der Waals surface area contributed by atoms with Gasteiger partial charge in [0.25, 0.3) is 5.91 Å². The number of carboxylic acid groups (broad SMARTS) is 1. The normalized spacial score (nSPS) is 17.0. The molecule has 1 N–H and O–H groups in total. The van der Waals surface area contributed by atoms with E-state index in [4.69, 9.17) is 4.74 Å². The van der Waals surface area contributed by atoms with Crippen LogP contribution in [-0.2, 0) is 11.4 Å². The Morgan fingerprint density at radius 3 is 2.73 bits per heavy atom. The van der Waals surface area contributed by atoms with Gasteiger partial charge in [0.1, 0.15) is 24.2 Å². The Kier molecular flexibility index (Phi) is 5.51. The number of carboxylic acids is 1. The summed E-state index contributed by atoms with van der Waals surface area (Å²) < 4.78 is 18.7. The van der Waals surface area contributed by atoms with Gasteiger partial charge in [-0.15, -0.1) is 0 Å². The second-order valence-corrected chi connectivity index (χ2v) is 6.29. The van der Waals surface area contributed by atoms with Crippen molar-refractivity contribution in [2.75, 3.05) is 6.54 Å². The number of halogens is 1. The molecular weight excluding hydrogens is 337 g/mol. The van der Waals surface area contributed by atoms with Crippen LogP contribution >= 0.6 is 0 Å². The quantitative estimate of drug-likeness (QED) is 0.890. The summed E-state index contributed by atoms with van der Waals surface area (Å²) in [6, 6.07) is 12.0. The number of piperidine rings is 1. The highest BCUT2D eigenvalue weighted by Crippen LogP contribution is 2.21. The van der Waals surface area contributed by atoms with Gasteiger partial charge in [0.05, 0.1) is 0 Å². The smallest absolute Gasteiger partial charge is 0.326 e. The average Bonchev–Trinajstić information content (AvgIpc) is 2.66. The predicted molar refractivity (Wildman–Crippen MR) is 93.5 cm³/mol. The number of carbonyl (C=O) groups excluding carboxylic acids is 1. The molecule has 1 atom stereocenters. The molecule has 0 spiro atoms. The van der Waals surface area contributed by atoms with Crippen molar-refractivity contribution in [2.24, 2.45) is 0 Å². The van der Waals surface area contributed by atoms with Crippen molar-refractivity contribution in [1.29, 1.82) is 0 Å². The maximum absolute atomic E-state index is 13.2. The molecule has 1 aliphatic heterocycles. The molecule has 1 amide bonds. The van der Waals surface area contributed by atoms with E-state index < -0.39 is 12.0 Å². The summed E-state index contributed by atoms with van der Waals surface area (Å²) >= 11 is 0. The first-order chi connectivity index (χ1) is 12.5. The number of hydrogen-bond donors (Lipinski definition) is 1. The van der Waals surface area contributed by atoms with Crippen molar-refractivity contribution in [3.63, 3.8) is 0 Å². The molecule has 1 aliphatic rings. The molecule has 5 nitrogen and oxygen atoms in total. The van der Waals surface area contributed by atoms with Crippen LogP contribution in [0.4, 0.5) is 4.39 Å². The van der Waals surface area contributed by atoms with E-state index in [1.807, 2.05) is 0 Å². The van der Waals surface area contributed by atoms with Crippen molar-refractivity contribution >= 4 is 11.9 Å². The summed E-state index contributed by atoms with van der Waals surface area (Å²) in [5, 5.41) is 9.35. The zero-order valence-electron chi connectivity index (χ0n) is 14.2. The third-order valence-corrected chi connectivity index (χ3v) is 4.42. The van der Waals surface area contributed by atoms with E-state index in [0.29, 0.717) is 24.3 Å². The van der Waals surface area contributed by atoms with Crippen molar-refractivity contribution in [3.8, 4) is 5.75 Å². The van der Waals surface area contributed by atoms with E-state index in [2.05, 4.69) is 0 Å². The predicted octanol–water partition coefficient (Wildman–Crippen LogP) is 3.48. The summed E-state index contributed by atoms with van der Waals surface area (Å²) in [5.41, 5.74) is 1.18. The Morgan fingerprint density at radius 2 is 1.96 bits per heavy atom. The van der Waals surface area contributed by atoms with Gasteiger partial charge in [0, 0.05) is 18.2 Å². The molecule has 0 bridgehead atoms. The summed E-state index contributed by atoms with van der Waals surface area (Å²) in [7, 11) is 0. The van der Waals surface area contributed by atoms with Crippen molar-refractivity contribution in [3.05, 3.63) is 65.5 Å². The number of ether oxygens (including phenoxy) is 1. The largest absolute Gasteiger partial charge is 0.489 e. The van der Waals surface area contributed by atoms with E-state index >= 15 is 0 Å². The molecule has 1 saturated heterocycles. The second-order valence-electron chi connectivity index (χ2n) is 6.29. The van der Waals surface area contributed by atoms with Gasteiger partial charge in [-0.2, -0.15) is 0 Å². The number of likely N-dealkylation sites (tertiary alicyclic amines) is 1. The third-order valence-electron chi connectivity index (χ3n) is 4.42. The first-order valence-corrected chi connectivity index (χ1v) is 8.55. The maximum atomic E-state index is 13.2. The molecule has 0 radical (unpaired) electrons. The van der Waals surface area contributed by atoms with Crippen LogP contribution in [0.3, 0.4) is 0 Å². The molecule has 3 rings (SSSR count). The van der Waals surface area contributed by atoms with Gasteiger partial charge >= 0.3 is 5.97 Å². The number of hydrogen-bond acceptors (Lipinski definition) is 3. The van der Waals surface area contributed by atoms with Gasteiger partial charge in [-0.25, -0.2) is 9.18 Å². The lowest BCUT2D eigenvalue weighted by molar-refractivity contribution is -0.143. The Labute approximate surface area is 151 Å². The average molecular weight is 357 g/mol. The van der Waals surface area contributed by atoms with Gasteiger partial charge < -0.3 is 14.7 Å². The Bertz CT molecular complexity index is 808. The molecule has 0 aromatic heterocycles. The Morgan fingerprint density at radius 1 is 1.15 bits per heavy atom. The Hall–Kier alpha value is -2.89. The summed E-state index contributed by atoms with van der Waals surface area (Å²) in [5.74, 6) is -1.23. The number of amides is 1. The number of rotatable bonds is 5. The second kappa shape index (κ2) is 7.99. The molecule has 1 heterocycles. The molecule has 1 fully saturated rings. The maximum Gasteiger partial charge on any atom is 0.326 e. The monoisotopic (exact) mass is 357 g/mol. The topological polar surface area (TPSA) is 66.8 Å². The lowest BCUT2D eigenvalue weighted by atomic mass is 10.0. The van der Waals surface area contributed by atoms with Crippen LogP contribution in [0.25, 0.3) is 0 Å². The van der Waals surface area contributed by atoms with Crippen LogP contribution in [0.15, 0.2) is 48.5 Å². The first kappa shape index (κ1) is 17.9. The highest BCUT2D eigenvalue weighted by atomic mass is 19.1. The van der Waals surface area contributed by atoms with Crippen LogP contribution in [0, 0.1) is 5.82 Å². The van der Waals surface area contributed by atoms with Crippen molar-refractivity contribution in [2.45, 2.75) is 31.9 Å². The highest BCUT2D eigenvalue weighted by molar-refractivity contribution is 5.96. The van der Waals surface area contributed by atoms with Crippen LogP contribution in [-0.4, -0.2) is 34.5 Å². The highest BCUT2D eigenvalue weighted by Gasteiger charge is 2.32. The number of nitrogens with zero attached hydrogens (tertiary/aromatic N) is 1. The van der Waals surface area contributed by atoms with Crippen molar-refractivity contribution in [1.82, 2.24) is 4.90 Å². The minimum atomic E-state index is -0.969. The molecule has 136 valence electrons. The van der Waals surface area contributed by atoms with Gasteiger partial charge in [-0.1, -0.05) is 18.2 Å². The summed E-state index contributed by atoms with van der Waals surface area (Å²) in [4.78, 5) is 25.6. The Balaban J connectivity index is 1.71. The summed E-state index contributed by atoms with van der Waals surface area (Å²) in [6.45, 7) is 0.632. The standard InChI is InChI=1S/C20H20FNO4/c21-16-7-4-8-17(12-16)26-13-14-5-3-6-15(11-14)19(23)22-10-2-1-9-18(22)20(24)25/h3-8,11-12,18H,1-2,9-10,13H2,(H,24,25)/t18-/m0/s1. The van der Waals surface area contributed by atoms with E-state index in [1.165, 1.54) is 17.0 Å². The fraction of sp³-hybridized carbons (Fsp3) is 0.300. The number of benzene rings is 2. The molecule has 6 heteroatoms. The third kappa shape index (κ3) is 4.20. The fourth-order valence-corrected chi connectivity index (χ4v) is 3.11. The zero-order chi connectivity index (χ0) is 18.5. The van der Waals surface area contributed by atoms with Gasteiger partial charge in [-0.3, -0.25) is 4.79 Å². The van der Waals surface area contributed by atoms with Crippen LogP contribution in [0.1, 0.15) is 35.2 Å². The van der Waals surface area contributed by atoms with E-state index in [0.717, 1.165) is 18.4 Å². The van der Waals surface area contributed by atoms with E-state index in [-0.39, 0.29) is 18.3 Å². The molecule has 2 aromatic rings. The van der Waals surface area contributed by atoms with Gasteiger partial charge in [-0.05, 0) is 49.1 Å². The molecule has 0 aliphatic carbocycles. The van der Waals surface area contributed by atoms with Crippen LogP contribution in [0.2, 0.25) is 0 Å². The van der Waals surface area contributed by atoms with Gasteiger partial charge in [0.15, 0.2) is 0 Å². The summed E-state index contributed by atoms with van der Waals surface area (Å²) in [6.07, 6.45) is 2.09. The first-order valence-electron chi connectivity index (χ1n) is 8.55. The van der Waals surface area contributed by atoms with Gasteiger partial charge in [0.2, 0.25) is 0 Å². The minimum Gasteiger partial charge on any atom is -0.489 e. The minimum absolute atomic E-state index is 0.187. The molecule has 0 unspecified atom stereocenters. The lowest BCUT2D eigenvalue weighted by Crippen LogP contribution is -2.48. The number of aliphatic carboxylic acids is 1. The van der Waals surface area contributed by atoms with Crippen LogP contribution in [0.5, 0.6) is 5.75 Å². The number of carbonyl (C=O) groups is 2. The van der Waals surface area contributed by atoms with Crippen molar-refractivity contribution < 1.29 is 23.8 Å². The zero-order valence-corrected chi connectivity index (χ0v) is 14.2. The lowest BCUT2D eigenvalue weighted by Gasteiger charge is -2.33. The molecular formula is C20H20FNO4. The van der Waals surface area contributed by atoms with E-state index in [1.54, 1.807) is 36.4 Å². The molecule has 2 aromatic carbocycles. The molecule has 0 saturated carbocycles. The fourth-order valence-electron chi connectivity index (χ4n) is 3.11. The van der Waals surface area contributed by atoms with Crippen LogP contribution < -0.4 is 4.74 Å². The SMILES string of the molecule is O=C(O)[C@@H]1CCCCN1C(=O)c1cccc(COc2cccc(F)c2)c1.